The van der Waals surface area contributed by atoms with Gasteiger partial charge in [0.05, 0.1) is 13.2 Å². The SMILES string of the molecule is COc1ccc(C(C)NC(=O)NC(C(=O)O)C2CC2)cc1. The highest BCUT2D eigenvalue weighted by molar-refractivity contribution is 5.83. The maximum atomic E-state index is 11.9. The molecule has 3 N–H and O–H groups in total. The second-order valence-electron chi connectivity index (χ2n) is 5.27. The lowest BCUT2D eigenvalue weighted by Crippen LogP contribution is -2.47. The number of amides is 2. The fourth-order valence-electron chi connectivity index (χ4n) is 2.17. The van der Waals surface area contributed by atoms with Gasteiger partial charge in [-0.3, -0.25) is 0 Å². The number of urea groups is 1. The molecule has 0 aromatic heterocycles. The minimum atomic E-state index is -0.982. The second kappa shape index (κ2) is 6.47. The summed E-state index contributed by atoms with van der Waals surface area (Å²) in [5, 5.41) is 14.4. The van der Waals surface area contributed by atoms with E-state index in [0.29, 0.717) is 0 Å². The van der Waals surface area contributed by atoms with E-state index < -0.39 is 18.0 Å². The maximum absolute atomic E-state index is 11.9. The van der Waals surface area contributed by atoms with Crippen molar-refractivity contribution in [3.63, 3.8) is 0 Å². The van der Waals surface area contributed by atoms with E-state index in [2.05, 4.69) is 10.6 Å². The van der Waals surface area contributed by atoms with Crippen molar-refractivity contribution in [2.45, 2.75) is 31.8 Å². The largest absolute Gasteiger partial charge is 0.497 e. The summed E-state index contributed by atoms with van der Waals surface area (Å²) in [6.45, 7) is 1.84. The molecule has 0 heterocycles. The highest BCUT2D eigenvalue weighted by Crippen LogP contribution is 2.32. The zero-order valence-electron chi connectivity index (χ0n) is 12.1. The summed E-state index contributed by atoms with van der Waals surface area (Å²) in [4.78, 5) is 23.0. The van der Waals surface area contributed by atoms with Crippen LogP contribution in [0.4, 0.5) is 4.79 Å². The monoisotopic (exact) mass is 292 g/mol. The Labute approximate surface area is 123 Å². The Bertz CT molecular complexity index is 511. The van der Waals surface area contributed by atoms with Crippen molar-refractivity contribution in [1.82, 2.24) is 10.6 Å². The number of carbonyl (C=O) groups excluding carboxylic acids is 1. The van der Waals surface area contributed by atoms with Gasteiger partial charge >= 0.3 is 12.0 Å². The predicted molar refractivity (Wildman–Crippen MR) is 77.2 cm³/mol. The zero-order valence-corrected chi connectivity index (χ0v) is 12.1. The molecule has 114 valence electrons. The predicted octanol–water partition coefficient (Wildman–Crippen LogP) is 1.92. The number of ether oxygens (including phenoxy) is 1. The Kier molecular flexibility index (Phi) is 4.67. The lowest BCUT2D eigenvalue weighted by atomic mass is 10.1. The second-order valence-corrected chi connectivity index (χ2v) is 5.27. The molecule has 0 radical (unpaired) electrons. The van der Waals surface area contributed by atoms with Gasteiger partial charge in [0, 0.05) is 0 Å². The fourth-order valence-corrected chi connectivity index (χ4v) is 2.17. The van der Waals surface area contributed by atoms with E-state index in [1.54, 1.807) is 7.11 Å². The van der Waals surface area contributed by atoms with Crippen molar-refractivity contribution in [2.24, 2.45) is 5.92 Å². The molecule has 1 aromatic carbocycles. The number of methoxy groups -OCH3 is 1. The van der Waals surface area contributed by atoms with Gasteiger partial charge in [0.1, 0.15) is 11.8 Å². The molecule has 0 aliphatic heterocycles. The standard InChI is InChI=1S/C15H20N2O4/c1-9(10-5-7-12(21-2)8-6-10)16-15(20)17-13(14(18)19)11-3-4-11/h5-9,11,13H,3-4H2,1-2H3,(H,18,19)(H2,16,17,20). The van der Waals surface area contributed by atoms with Crippen LogP contribution in [0.2, 0.25) is 0 Å². The zero-order chi connectivity index (χ0) is 15.4. The number of benzene rings is 1. The lowest BCUT2D eigenvalue weighted by Gasteiger charge is -2.18. The molecule has 21 heavy (non-hydrogen) atoms. The van der Waals surface area contributed by atoms with Gasteiger partial charge in [0.15, 0.2) is 0 Å². The van der Waals surface area contributed by atoms with E-state index in [9.17, 15) is 9.59 Å². The first kappa shape index (κ1) is 15.2. The molecule has 2 amide bonds. The highest BCUT2D eigenvalue weighted by atomic mass is 16.5. The van der Waals surface area contributed by atoms with Crippen LogP contribution in [0.5, 0.6) is 5.75 Å². The first-order valence-corrected chi connectivity index (χ1v) is 6.95. The molecular weight excluding hydrogens is 272 g/mol. The third-order valence-corrected chi connectivity index (χ3v) is 3.61. The van der Waals surface area contributed by atoms with E-state index in [4.69, 9.17) is 9.84 Å². The minimum Gasteiger partial charge on any atom is -0.497 e. The Balaban J connectivity index is 1.90. The van der Waals surface area contributed by atoms with E-state index in [0.717, 1.165) is 24.2 Å². The van der Waals surface area contributed by atoms with Crippen molar-refractivity contribution < 1.29 is 19.4 Å². The van der Waals surface area contributed by atoms with E-state index in [1.165, 1.54) is 0 Å². The number of hydrogen-bond donors (Lipinski definition) is 3. The summed E-state index contributed by atoms with van der Waals surface area (Å²) >= 11 is 0. The Morgan fingerprint density at radius 1 is 1.24 bits per heavy atom. The van der Waals surface area contributed by atoms with E-state index in [1.807, 2.05) is 31.2 Å². The average molecular weight is 292 g/mol. The van der Waals surface area contributed by atoms with Crippen molar-refractivity contribution in [3.8, 4) is 5.75 Å². The summed E-state index contributed by atoms with van der Waals surface area (Å²) < 4.78 is 5.08. The summed E-state index contributed by atoms with van der Waals surface area (Å²) in [5.74, 6) is -0.177. The summed E-state index contributed by atoms with van der Waals surface area (Å²) in [6.07, 6.45) is 1.70. The molecule has 0 bridgehead atoms. The Morgan fingerprint density at radius 2 is 1.86 bits per heavy atom. The smallest absolute Gasteiger partial charge is 0.326 e. The maximum Gasteiger partial charge on any atom is 0.326 e. The Morgan fingerprint density at radius 3 is 2.33 bits per heavy atom. The summed E-state index contributed by atoms with van der Waals surface area (Å²) in [5.41, 5.74) is 0.921. The van der Waals surface area contributed by atoms with Gasteiger partial charge in [-0.05, 0) is 43.4 Å². The van der Waals surface area contributed by atoms with Crippen LogP contribution in [-0.2, 0) is 4.79 Å². The first-order valence-electron chi connectivity index (χ1n) is 6.95. The molecule has 1 fully saturated rings. The molecular formula is C15H20N2O4. The third-order valence-electron chi connectivity index (χ3n) is 3.61. The average Bonchev–Trinajstić information content (AvgIpc) is 3.29. The van der Waals surface area contributed by atoms with Gasteiger partial charge in [0.2, 0.25) is 0 Å². The number of carboxylic acids is 1. The van der Waals surface area contributed by atoms with Gasteiger partial charge in [-0.2, -0.15) is 0 Å². The topological polar surface area (TPSA) is 87.7 Å². The van der Waals surface area contributed by atoms with Crippen LogP contribution in [-0.4, -0.2) is 30.3 Å². The number of rotatable bonds is 6. The van der Waals surface area contributed by atoms with Crippen LogP contribution in [0.1, 0.15) is 31.4 Å². The van der Waals surface area contributed by atoms with Crippen LogP contribution < -0.4 is 15.4 Å². The van der Waals surface area contributed by atoms with Crippen LogP contribution in [0.25, 0.3) is 0 Å². The molecule has 1 aromatic rings. The van der Waals surface area contributed by atoms with Gasteiger partial charge in [-0.25, -0.2) is 9.59 Å². The third kappa shape index (κ3) is 4.11. The molecule has 0 saturated heterocycles. The fraction of sp³-hybridized carbons (Fsp3) is 0.467. The molecule has 1 aliphatic carbocycles. The Hall–Kier alpha value is -2.24. The lowest BCUT2D eigenvalue weighted by molar-refractivity contribution is -0.139. The molecule has 6 nitrogen and oxygen atoms in total. The van der Waals surface area contributed by atoms with Gasteiger partial charge in [-0.15, -0.1) is 0 Å². The number of aliphatic carboxylic acids is 1. The van der Waals surface area contributed by atoms with Crippen molar-refractivity contribution in [2.75, 3.05) is 7.11 Å². The normalized spacial score (nSPS) is 16.7. The van der Waals surface area contributed by atoms with Gasteiger partial charge < -0.3 is 20.5 Å². The number of hydrogen-bond acceptors (Lipinski definition) is 3. The molecule has 1 saturated carbocycles. The van der Waals surface area contributed by atoms with E-state index in [-0.39, 0.29) is 12.0 Å². The first-order chi connectivity index (χ1) is 10.0. The number of carboxylic acid groups (broad SMARTS) is 1. The number of nitrogens with one attached hydrogen (secondary N) is 2. The summed E-state index contributed by atoms with van der Waals surface area (Å²) in [7, 11) is 1.59. The summed E-state index contributed by atoms with van der Waals surface area (Å²) in [6, 6.07) is 5.87. The van der Waals surface area contributed by atoms with Crippen LogP contribution in [0, 0.1) is 5.92 Å². The molecule has 0 spiro atoms. The highest BCUT2D eigenvalue weighted by Gasteiger charge is 2.37. The van der Waals surface area contributed by atoms with Crippen molar-refractivity contribution in [3.05, 3.63) is 29.8 Å². The minimum absolute atomic E-state index is 0.0598. The molecule has 6 heteroatoms. The number of carbonyl (C=O) groups is 2. The quantitative estimate of drug-likeness (QED) is 0.747. The van der Waals surface area contributed by atoms with Gasteiger partial charge in [0.25, 0.3) is 0 Å². The molecule has 2 rings (SSSR count). The molecule has 2 unspecified atom stereocenters. The van der Waals surface area contributed by atoms with Crippen LogP contribution in [0.15, 0.2) is 24.3 Å². The molecule has 1 aliphatic rings. The molecule has 2 atom stereocenters. The van der Waals surface area contributed by atoms with Crippen molar-refractivity contribution >= 4 is 12.0 Å². The van der Waals surface area contributed by atoms with Crippen molar-refractivity contribution in [1.29, 1.82) is 0 Å². The van der Waals surface area contributed by atoms with Crippen LogP contribution >= 0.6 is 0 Å². The van der Waals surface area contributed by atoms with Crippen LogP contribution in [0.3, 0.4) is 0 Å². The van der Waals surface area contributed by atoms with Gasteiger partial charge in [-0.1, -0.05) is 12.1 Å². The van der Waals surface area contributed by atoms with E-state index >= 15 is 0 Å².